The molecule has 0 atom stereocenters. The van der Waals surface area contributed by atoms with Crippen molar-refractivity contribution in [3.63, 3.8) is 0 Å². The molecule has 0 saturated heterocycles. The number of nitrogens with zero attached hydrogens (tertiary/aromatic N) is 1. The van der Waals surface area contributed by atoms with Crippen molar-refractivity contribution >= 4 is 33.6 Å². The number of rotatable bonds is 7. The highest BCUT2D eigenvalue weighted by Crippen LogP contribution is 2.37. The van der Waals surface area contributed by atoms with Crippen molar-refractivity contribution in [2.75, 3.05) is 19.0 Å². The first-order valence-electron chi connectivity index (χ1n) is 7.82. The van der Waals surface area contributed by atoms with Crippen LogP contribution in [0, 0.1) is 11.3 Å². The summed E-state index contributed by atoms with van der Waals surface area (Å²) in [4.78, 5) is 12.3. The number of hydrogen-bond donors (Lipinski definition) is 2. The lowest BCUT2D eigenvalue weighted by molar-refractivity contribution is -0.112. The summed E-state index contributed by atoms with van der Waals surface area (Å²) in [5.41, 5.74) is 0.963. The van der Waals surface area contributed by atoms with Crippen LogP contribution in [-0.2, 0) is 4.79 Å². The molecular formula is C20H17BrN2O4. The summed E-state index contributed by atoms with van der Waals surface area (Å²) >= 11 is 3.40. The lowest BCUT2D eigenvalue weighted by Gasteiger charge is -2.12. The van der Waals surface area contributed by atoms with E-state index in [-0.39, 0.29) is 11.3 Å². The van der Waals surface area contributed by atoms with Crippen LogP contribution < -0.4 is 14.8 Å². The number of nitrogens with one attached hydrogen (secondary N) is 1. The molecule has 0 heterocycles. The Morgan fingerprint density at radius 1 is 1.37 bits per heavy atom. The third-order valence-corrected chi connectivity index (χ3v) is 3.99. The van der Waals surface area contributed by atoms with Gasteiger partial charge in [0.25, 0.3) is 5.91 Å². The highest BCUT2D eigenvalue weighted by molar-refractivity contribution is 9.10. The predicted molar refractivity (Wildman–Crippen MR) is 107 cm³/mol. The van der Waals surface area contributed by atoms with Gasteiger partial charge < -0.3 is 19.9 Å². The molecule has 0 aliphatic heterocycles. The summed E-state index contributed by atoms with van der Waals surface area (Å²) in [6, 6.07) is 11.2. The molecule has 7 heteroatoms. The first-order chi connectivity index (χ1) is 13.0. The zero-order chi connectivity index (χ0) is 19.8. The Hall–Kier alpha value is -3.24. The van der Waals surface area contributed by atoms with Crippen LogP contribution in [0.1, 0.15) is 5.56 Å². The number of benzene rings is 2. The summed E-state index contributed by atoms with van der Waals surface area (Å²) in [6.07, 6.45) is 3.06. The molecule has 2 aromatic carbocycles. The summed E-state index contributed by atoms with van der Waals surface area (Å²) in [7, 11) is 1.50. The summed E-state index contributed by atoms with van der Waals surface area (Å²) < 4.78 is 11.5. The van der Waals surface area contributed by atoms with Gasteiger partial charge in [-0.3, -0.25) is 4.79 Å². The van der Waals surface area contributed by atoms with Crippen LogP contribution in [0.25, 0.3) is 6.08 Å². The van der Waals surface area contributed by atoms with Gasteiger partial charge in [-0.2, -0.15) is 5.26 Å². The lowest BCUT2D eigenvalue weighted by atomic mass is 10.1. The molecule has 0 aliphatic rings. The number of halogens is 1. The Bertz CT molecular complexity index is 915. The van der Waals surface area contributed by atoms with Gasteiger partial charge in [0, 0.05) is 5.69 Å². The highest BCUT2D eigenvalue weighted by atomic mass is 79.9. The normalized spacial score (nSPS) is 10.6. The number of aromatic hydroxyl groups is 1. The van der Waals surface area contributed by atoms with Crippen molar-refractivity contribution < 1.29 is 19.4 Å². The quantitative estimate of drug-likeness (QED) is 0.297. The van der Waals surface area contributed by atoms with E-state index in [0.29, 0.717) is 33.8 Å². The second-order valence-electron chi connectivity index (χ2n) is 5.30. The van der Waals surface area contributed by atoms with Gasteiger partial charge in [0.2, 0.25) is 0 Å². The fourth-order valence-corrected chi connectivity index (χ4v) is 2.74. The molecule has 2 rings (SSSR count). The Morgan fingerprint density at radius 3 is 2.67 bits per heavy atom. The van der Waals surface area contributed by atoms with Crippen LogP contribution >= 0.6 is 15.9 Å². The van der Waals surface area contributed by atoms with E-state index in [1.807, 2.05) is 6.07 Å². The van der Waals surface area contributed by atoms with Gasteiger partial charge in [-0.15, -0.1) is 0 Å². The maximum Gasteiger partial charge on any atom is 0.266 e. The Morgan fingerprint density at radius 2 is 2.07 bits per heavy atom. The summed E-state index contributed by atoms with van der Waals surface area (Å²) in [5.74, 6) is 0.473. The van der Waals surface area contributed by atoms with E-state index < -0.39 is 5.91 Å². The molecule has 0 spiro atoms. The number of ether oxygens (including phenoxy) is 2. The number of hydrogen-bond acceptors (Lipinski definition) is 5. The number of phenols is 1. The number of anilines is 1. The third kappa shape index (κ3) is 5.36. The molecule has 0 fully saturated rings. The number of carbonyl (C=O) groups excluding carboxylic acids is 1. The van der Waals surface area contributed by atoms with Crippen LogP contribution in [0.5, 0.6) is 17.2 Å². The molecule has 1 amide bonds. The highest BCUT2D eigenvalue weighted by Gasteiger charge is 2.14. The molecular weight excluding hydrogens is 412 g/mol. The van der Waals surface area contributed by atoms with Crippen molar-refractivity contribution in [2.45, 2.75) is 0 Å². The Labute approximate surface area is 165 Å². The van der Waals surface area contributed by atoms with Crippen LogP contribution in [-0.4, -0.2) is 24.7 Å². The maximum atomic E-state index is 12.3. The number of phenolic OH excluding ortho intramolecular Hbond substituents is 1. The smallest absolute Gasteiger partial charge is 0.266 e. The Kier molecular flexibility index (Phi) is 7.03. The van der Waals surface area contributed by atoms with Crippen molar-refractivity contribution in [2.24, 2.45) is 0 Å². The second kappa shape index (κ2) is 9.46. The molecule has 27 heavy (non-hydrogen) atoms. The molecule has 138 valence electrons. The molecule has 6 nitrogen and oxygen atoms in total. The van der Waals surface area contributed by atoms with Crippen molar-refractivity contribution in [3.05, 3.63) is 64.7 Å². The number of carbonyl (C=O) groups is 1. The molecule has 0 radical (unpaired) electrons. The van der Waals surface area contributed by atoms with Crippen molar-refractivity contribution in [1.82, 2.24) is 0 Å². The van der Waals surface area contributed by atoms with E-state index in [0.717, 1.165) is 0 Å². The van der Waals surface area contributed by atoms with Crippen LogP contribution in [0.2, 0.25) is 0 Å². The predicted octanol–water partition coefficient (Wildman–Crippen LogP) is 4.27. The summed E-state index contributed by atoms with van der Waals surface area (Å²) in [6.45, 7) is 3.91. The van der Waals surface area contributed by atoms with Gasteiger partial charge in [0.05, 0.1) is 11.6 Å². The first-order valence-corrected chi connectivity index (χ1v) is 8.61. The fourth-order valence-electron chi connectivity index (χ4n) is 2.16. The third-order valence-electron chi connectivity index (χ3n) is 3.40. The lowest BCUT2D eigenvalue weighted by Crippen LogP contribution is -2.13. The van der Waals surface area contributed by atoms with Gasteiger partial charge in [-0.05, 0) is 64.0 Å². The minimum atomic E-state index is -0.565. The van der Waals surface area contributed by atoms with Gasteiger partial charge in [0.1, 0.15) is 24.0 Å². The van der Waals surface area contributed by atoms with Gasteiger partial charge in [0.15, 0.2) is 11.5 Å². The Balaban J connectivity index is 2.29. The van der Waals surface area contributed by atoms with Crippen molar-refractivity contribution in [3.8, 4) is 23.3 Å². The molecule has 0 aliphatic carbocycles. The largest absolute Gasteiger partial charge is 0.508 e. The van der Waals surface area contributed by atoms with E-state index in [1.54, 1.807) is 18.2 Å². The van der Waals surface area contributed by atoms with Gasteiger partial charge >= 0.3 is 0 Å². The zero-order valence-electron chi connectivity index (χ0n) is 14.5. The molecule has 0 unspecified atom stereocenters. The first kappa shape index (κ1) is 20.1. The van der Waals surface area contributed by atoms with Crippen LogP contribution in [0.15, 0.2) is 59.1 Å². The van der Waals surface area contributed by atoms with Gasteiger partial charge in [-0.1, -0.05) is 12.7 Å². The van der Waals surface area contributed by atoms with E-state index in [9.17, 15) is 15.2 Å². The number of amides is 1. The molecule has 0 bridgehead atoms. The molecule has 2 N–H and O–H groups in total. The SMILES string of the molecule is C=CCOc1c(Br)cc(/C=C(/C#N)C(=O)Nc2ccc(O)cc2)cc1OC. The number of nitriles is 1. The average molecular weight is 429 g/mol. The standard InChI is InChI=1S/C20H17BrN2O4/c1-3-8-27-19-17(21)10-13(11-18(19)26-2)9-14(12-22)20(25)23-15-4-6-16(24)7-5-15/h3-7,9-11,24H,1,8H2,2H3,(H,23,25)/b14-9-. The van der Waals surface area contributed by atoms with Crippen LogP contribution in [0.3, 0.4) is 0 Å². The fraction of sp³-hybridized carbons (Fsp3) is 0.100. The minimum Gasteiger partial charge on any atom is -0.508 e. The zero-order valence-corrected chi connectivity index (χ0v) is 16.1. The van der Waals surface area contributed by atoms with Crippen molar-refractivity contribution in [1.29, 1.82) is 5.26 Å². The van der Waals surface area contributed by atoms with Crippen LogP contribution in [0.4, 0.5) is 5.69 Å². The number of methoxy groups -OCH3 is 1. The van der Waals surface area contributed by atoms with E-state index in [1.165, 1.54) is 37.5 Å². The molecule has 2 aromatic rings. The van der Waals surface area contributed by atoms with E-state index in [2.05, 4.69) is 27.8 Å². The van der Waals surface area contributed by atoms with E-state index in [4.69, 9.17) is 9.47 Å². The topological polar surface area (TPSA) is 91.6 Å². The minimum absolute atomic E-state index is 0.0831. The maximum absolute atomic E-state index is 12.3. The average Bonchev–Trinajstić information content (AvgIpc) is 2.66. The second-order valence-corrected chi connectivity index (χ2v) is 6.16. The van der Waals surface area contributed by atoms with Gasteiger partial charge in [-0.25, -0.2) is 0 Å². The summed E-state index contributed by atoms with van der Waals surface area (Å²) in [5, 5.41) is 21.2. The molecule has 0 aromatic heterocycles. The van der Waals surface area contributed by atoms with E-state index >= 15 is 0 Å². The monoisotopic (exact) mass is 428 g/mol. The molecule has 0 saturated carbocycles.